The first kappa shape index (κ1) is 16.5. The number of nitrogens with zero attached hydrogens (tertiary/aromatic N) is 2. The number of hydrogen-bond donors (Lipinski definition) is 3. The zero-order chi connectivity index (χ0) is 18.0. The summed E-state index contributed by atoms with van der Waals surface area (Å²) in [4.78, 5) is 26.8. The van der Waals surface area contributed by atoms with Gasteiger partial charge in [0, 0.05) is 17.7 Å². The van der Waals surface area contributed by atoms with E-state index in [0.717, 1.165) is 11.8 Å². The molecule has 3 rings (SSSR count). The van der Waals surface area contributed by atoms with Gasteiger partial charge in [-0.15, -0.1) is 0 Å². The molecule has 1 heterocycles. The van der Waals surface area contributed by atoms with Gasteiger partial charge in [0.15, 0.2) is 5.17 Å². The van der Waals surface area contributed by atoms with Crippen molar-refractivity contribution in [3.05, 3.63) is 63.0 Å². The predicted octanol–water partition coefficient (Wildman–Crippen LogP) is 2.90. The highest BCUT2D eigenvalue weighted by molar-refractivity contribution is 8.18. The minimum atomic E-state index is -0.582. The van der Waals surface area contributed by atoms with Crippen molar-refractivity contribution in [1.82, 2.24) is 5.32 Å². The Morgan fingerprint density at radius 3 is 2.56 bits per heavy atom. The minimum absolute atomic E-state index is 0.105. The van der Waals surface area contributed by atoms with Crippen molar-refractivity contribution in [3.63, 3.8) is 0 Å². The highest BCUT2D eigenvalue weighted by Crippen LogP contribution is 2.32. The van der Waals surface area contributed by atoms with Gasteiger partial charge in [-0.25, -0.2) is 4.99 Å². The second-order valence-electron chi connectivity index (χ2n) is 5.00. The van der Waals surface area contributed by atoms with Crippen LogP contribution in [0.25, 0.3) is 6.08 Å². The second kappa shape index (κ2) is 6.65. The fraction of sp³-hybridized carbons (Fsp3) is 0. The van der Waals surface area contributed by atoms with Gasteiger partial charge in [0.2, 0.25) is 0 Å². The molecule has 1 aliphatic heterocycles. The number of non-ortho nitro benzene ring substituents is 1. The van der Waals surface area contributed by atoms with Crippen LogP contribution in [-0.4, -0.2) is 26.2 Å². The highest BCUT2D eigenvalue weighted by atomic mass is 32.2. The van der Waals surface area contributed by atoms with E-state index < -0.39 is 10.8 Å². The second-order valence-corrected chi connectivity index (χ2v) is 6.03. The lowest BCUT2D eigenvalue weighted by molar-refractivity contribution is -0.384. The summed E-state index contributed by atoms with van der Waals surface area (Å²) in [5.74, 6) is -0.488. The standard InChI is InChI=1S/C16H11N3O5S/c20-12-4-1-10(2-5-12)17-16-18-15(22)14(25-16)8-9-7-11(19(23)24)3-6-13(9)21/h1-8,20-21H,(H,17,18,22)/b14-8-. The van der Waals surface area contributed by atoms with Gasteiger partial charge in [-0.3, -0.25) is 14.9 Å². The van der Waals surface area contributed by atoms with Crippen molar-refractivity contribution in [2.45, 2.75) is 0 Å². The van der Waals surface area contributed by atoms with E-state index in [9.17, 15) is 25.1 Å². The monoisotopic (exact) mass is 357 g/mol. The minimum Gasteiger partial charge on any atom is -0.508 e. The van der Waals surface area contributed by atoms with Gasteiger partial charge in [0.1, 0.15) is 11.5 Å². The van der Waals surface area contributed by atoms with Crippen molar-refractivity contribution in [3.8, 4) is 11.5 Å². The number of amides is 1. The fourth-order valence-electron chi connectivity index (χ4n) is 2.04. The van der Waals surface area contributed by atoms with Gasteiger partial charge >= 0.3 is 0 Å². The molecule has 1 aliphatic rings. The van der Waals surface area contributed by atoms with Crippen molar-refractivity contribution in [2.24, 2.45) is 4.99 Å². The average molecular weight is 357 g/mol. The number of thioether (sulfide) groups is 1. The molecule has 0 atom stereocenters. The Morgan fingerprint density at radius 1 is 1.16 bits per heavy atom. The third-order valence-corrected chi connectivity index (χ3v) is 4.15. The molecule has 0 bridgehead atoms. The van der Waals surface area contributed by atoms with E-state index in [4.69, 9.17) is 0 Å². The Bertz CT molecular complexity index is 922. The summed E-state index contributed by atoms with van der Waals surface area (Å²) >= 11 is 1.04. The largest absolute Gasteiger partial charge is 0.508 e. The van der Waals surface area contributed by atoms with Crippen molar-refractivity contribution < 1.29 is 19.9 Å². The number of aliphatic imine (C=N–C) groups is 1. The molecule has 1 fully saturated rings. The lowest BCUT2D eigenvalue weighted by Crippen LogP contribution is -2.19. The van der Waals surface area contributed by atoms with Crippen LogP contribution in [0.3, 0.4) is 0 Å². The summed E-state index contributed by atoms with van der Waals surface area (Å²) in [5, 5.41) is 32.8. The zero-order valence-corrected chi connectivity index (χ0v) is 13.4. The Hall–Kier alpha value is -3.33. The van der Waals surface area contributed by atoms with Crippen molar-refractivity contribution >= 4 is 40.3 Å². The molecule has 0 aromatic heterocycles. The lowest BCUT2D eigenvalue weighted by atomic mass is 10.1. The number of benzene rings is 2. The smallest absolute Gasteiger partial charge is 0.270 e. The molecule has 0 spiro atoms. The first-order valence-corrected chi connectivity index (χ1v) is 7.80. The van der Waals surface area contributed by atoms with Gasteiger partial charge in [-0.2, -0.15) is 0 Å². The van der Waals surface area contributed by atoms with Gasteiger partial charge in [-0.1, -0.05) is 0 Å². The normalized spacial score (nSPS) is 17.0. The first-order valence-electron chi connectivity index (χ1n) is 6.98. The number of hydrogen-bond acceptors (Lipinski definition) is 7. The van der Waals surface area contributed by atoms with Crippen LogP contribution < -0.4 is 5.32 Å². The Morgan fingerprint density at radius 2 is 1.88 bits per heavy atom. The maximum Gasteiger partial charge on any atom is 0.270 e. The van der Waals surface area contributed by atoms with E-state index in [1.165, 1.54) is 36.4 Å². The quantitative estimate of drug-likeness (QED) is 0.441. The van der Waals surface area contributed by atoms with E-state index in [1.54, 1.807) is 12.1 Å². The number of nitro groups is 1. The van der Waals surface area contributed by atoms with E-state index >= 15 is 0 Å². The summed E-state index contributed by atoms with van der Waals surface area (Å²) in [6, 6.07) is 9.68. The van der Waals surface area contributed by atoms with Crippen LogP contribution >= 0.6 is 11.8 Å². The molecular weight excluding hydrogens is 346 g/mol. The third kappa shape index (κ3) is 3.78. The van der Waals surface area contributed by atoms with Crippen LogP contribution in [0.4, 0.5) is 11.4 Å². The Balaban J connectivity index is 1.88. The number of carbonyl (C=O) groups excluding carboxylic acids is 1. The summed E-state index contributed by atoms with van der Waals surface area (Å²) in [5.41, 5.74) is 0.517. The lowest BCUT2D eigenvalue weighted by Gasteiger charge is -1.99. The van der Waals surface area contributed by atoms with Crippen LogP contribution in [0.15, 0.2) is 52.4 Å². The maximum absolute atomic E-state index is 12.0. The van der Waals surface area contributed by atoms with Gasteiger partial charge in [-0.05, 0) is 48.2 Å². The van der Waals surface area contributed by atoms with Gasteiger partial charge in [0.25, 0.3) is 11.6 Å². The number of phenolic OH excluding ortho intramolecular Hbond substituents is 2. The SMILES string of the molecule is O=C1NC(=Nc2ccc(O)cc2)S/C1=C\c1cc([N+](=O)[O-])ccc1O. The van der Waals surface area contributed by atoms with Gasteiger partial charge in [0.05, 0.1) is 15.5 Å². The molecule has 1 saturated heterocycles. The van der Waals surface area contributed by atoms with Crippen LogP contribution in [0.2, 0.25) is 0 Å². The first-order chi connectivity index (χ1) is 11.9. The number of amidine groups is 1. The molecule has 9 heteroatoms. The average Bonchev–Trinajstić information content (AvgIpc) is 2.91. The van der Waals surface area contributed by atoms with Crippen molar-refractivity contribution in [2.75, 3.05) is 0 Å². The van der Waals surface area contributed by atoms with E-state index in [2.05, 4.69) is 10.3 Å². The molecule has 2 aromatic carbocycles. The third-order valence-electron chi connectivity index (χ3n) is 3.24. The summed E-state index contributed by atoms with van der Waals surface area (Å²) in [6.07, 6.45) is 1.36. The predicted molar refractivity (Wildman–Crippen MR) is 93.7 cm³/mol. The van der Waals surface area contributed by atoms with E-state index in [-0.39, 0.29) is 27.7 Å². The Kier molecular flexibility index (Phi) is 4.40. The number of carbonyl (C=O) groups is 1. The van der Waals surface area contributed by atoms with Crippen LogP contribution in [-0.2, 0) is 4.79 Å². The number of nitrogens with one attached hydrogen (secondary N) is 1. The summed E-state index contributed by atoms with van der Waals surface area (Å²) < 4.78 is 0. The molecule has 0 saturated carbocycles. The molecule has 3 N–H and O–H groups in total. The molecule has 0 unspecified atom stereocenters. The maximum atomic E-state index is 12.0. The molecule has 2 aromatic rings. The molecule has 25 heavy (non-hydrogen) atoms. The number of phenols is 2. The zero-order valence-electron chi connectivity index (χ0n) is 12.5. The molecular formula is C16H11N3O5S. The Labute approximate surface area is 145 Å². The highest BCUT2D eigenvalue weighted by Gasteiger charge is 2.24. The number of nitro benzene ring substituents is 1. The summed E-state index contributed by atoms with van der Waals surface area (Å²) in [6.45, 7) is 0. The van der Waals surface area contributed by atoms with Crippen LogP contribution in [0.5, 0.6) is 11.5 Å². The molecule has 8 nitrogen and oxygen atoms in total. The van der Waals surface area contributed by atoms with Crippen molar-refractivity contribution in [1.29, 1.82) is 0 Å². The fourth-order valence-corrected chi connectivity index (χ4v) is 2.87. The van der Waals surface area contributed by atoms with E-state index in [0.29, 0.717) is 10.9 Å². The van der Waals surface area contributed by atoms with E-state index in [1.807, 2.05) is 0 Å². The topological polar surface area (TPSA) is 125 Å². The number of rotatable bonds is 3. The van der Waals surface area contributed by atoms with Gasteiger partial charge < -0.3 is 15.5 Å². The van der Waals surface area contributed by atoms with Crippen LogP contribution in [0, 0.1) is 10.1 Å². The molecule has 126 valence electrons. The molecule has 0 radical (unpaired) electrons. The van der Waals surface area contributed by atoms with Crippen LogP contribution in [0.1, 0.15) is 5.56 Å². The number of aromatic hydroxyl groups is 2. The molecule has 0 aliphatic carbocycles. The summed E-state index contributed by atoms with van der Waals surface area (Å²) in [7, 11) is 0. The molecule has 1 amide bonds.